The molecule has 1 rings (SSSR count). The summed E-state index contributed by atoms with van der Waals surface area (Å²) in [5, 5.41) is 9.01. The lowest BCUT2D eigenvalue weighted by atomic mass is 9.93. The van der Waals surface area contributed by atoms with Gasteiger partial charge in [-0.2, -0.15) is 5.10 Å². The molecular weight excluding hydrogens is 286 g/mol. The predicted octanol–water partition coefficient (Wildman–Crippen LogP) is 3.45. The molecule has 1 aromatic rings. The molecule has 1 heterocycles. The third kappa shape index (κ3) is 4.44. The van der Waals surface area contributed by atoms with Gasteiger partial charge >= 0.3 is 0 Å². The van der Waals surface area contributed by atoms with Crippen LogP contribution in [0, 0.1) is 0 Å². The molecule has 0 radical (unpaired) electrons. The van der Waals surface area contributed by atoms with E-state index in [4.69, 9.17) is 16.3 Å². The van der Waals surface area contributed by atoms with Crippen molar-refractivity contribution in [1.29, 1.82) is 0 Å². The van der Waals surface area contributed by atoms with E-state index in [9.17, 15) is 0 Å². The maximum atomic E-state index is 6.53. The lowest BCUT2D eigenvalue weighted by molar-refractivity contribution is -0.0105. The SMILES string of the molecule is CCCNC(Cc1c(Cl)c(CC)nn1CC)C(C)(C)OC. The van der Waals surface area contributed by atoms with Gasteiger partial charge in [-0.3, -0.25) is 4.68 Å². The number of nitrogens with zero attached hydrogens (tertiary/aromatic N) is 2. The molecule has 21 heavy (non-hydrogen) atoms. The molecule has 122 valence electrons. The number of hydrogen-bond donors (Lipinski definition) is 1. The van der Waals surface area contributed by atoms with Gasteiger partial charge in [0.2, 0.25) is 0 Å². The molecule has 5 heteroatoms. The topological polar surface area (TPSA) is 39.1 Å². The van der Waals surface area contributed by atoms with Crippen molar-refractivity contribution in [2.24, 2.45) is 0 Å². The first-order valence-corrected chi connectivity index (χ1v) is 8.31. The Morgan fingerprint density at radius 2 is 2.00 bits per heavy atom. The van der Waals surface area contributed by atoms with Crippen LogP contribution in [0.3, 0.4) is 0 Å². The van der Waals surface area contributed by atoms with Crippen molar-refractivity contribution in [1.82, 2.24) is 15.1 Å². The van der Waals surface area contributed by atoms with Crippen LogP contribution in [0.15, 0.2) is 0 Å². The van der Waals surface area contributed by atoms with E-state index in [0.29, 0.717) is 0 Å². The number of methoxy groups -OCH3 is 1. The molecule has 1 aromatic heterocycles. The van der Waals surface area contributed by atoms with Crippen molar-refractivity contribution in [3.63, 3.8) is 0 Å². The van der Waals surface area contributed by atoms with Crippen molar-refractivity contribution in [3.05, 3.63) is 16.4 Å². The van der Waals surface area contributed by atoms with Gasteiger partial charge < -0.3 is 10.1 Å². The molecule has 4 nitrogen and oxygen atoms in total. The molecule has 1 atom stereocenters. The van der Waals surface area contributed by atoms with Crippen LogP contribution in [-0.4, -0.2) is 35.1 Å². The molecule has 0 amide bonds. The van der Waals surface area contributed by atoms with Crippen LogP contribution in [0.5, 0.6) is 0 Å². The highest BCUT2D eigenvalue weighted by Gasteiger charge is 2.31. The van der Waals surface area contributed by atoms with E-state index < -0.39 is 0 Å². The van der Waals surface area contributed by atoms with Gasteiger partial charge in [0.1, 0.15) is 0 Å². The Kier molecular flexibility index (Phi) is 7.17. The van der Waals surface area contributed by atoms with Crippen LogP contribution in [-0.2, 0) is 24.1 Å². The summed E-state index contributed by atoms with van der Waals surface area (Å²) < 4.78 is 7.70. The monoisotopic (exact) mass is 315 g/mol. The average molecular weight is 316 g/mol. The smallest absolute Gasteiger partial charge is 0.0850 e. The van der Waals surface area contributed by atoms with Crippen molar-refractivity contribution in [2.75, 3.05) is 13.7 Å². The number of rotatable bonds is 9. The zero-order valence-electron chi connectivity index (χ0n) is 14.3. The van der Waals surface area contributed by atoms with E-state index in [1.54, 1.807) is 7.11 Å². The summed E-state index contributed by atoms with van der Waals surface area (Å²) in [5.74, 6) is 0. The van der Waals surface area contributed by atoms with Crippen molar-refractivity contribution in [3.8, 4) is 0 Å². The average Bonchev–Trinajstić information content (AvgIpc) is 2.78. The summed E-state index contributed by atoms with van der Waals surface area (Å²) in [6, 6.07) is 0.201. The zero-order valence-corrected chi connectivity index (χ0v) is 15.0. The number of hydrogen-bond acceptors (Lipinski definition) is 3. The van der Waals surface area contributed by atoms with Gasteiger partial charge in [-0.05, 0) is 40.2 Å². The minimum atomic E-state index is -0.256. The fourth-order valence-electron chi connectivity index (χ4n) is 2.43. The molecule has 1 N–H and O–H groups in total. The summed E-state index contributed by atoms with van der Waals surface area (Å²) in [5.41, 5.74) is 1.83. The quantitative estimate of drug-likeness (QED) is 0.758. The Hall–Kier alpha value is -0.580. The Balaban J connectivity index is 3.05. The van der Waals surface area contributed by atoms with Crippen LogP contribution < -0.4 is 5.32 Å². The Morgan fingerprint density at radius 1 is 1.33 bits per heavy atom. The third-order valence-electron chi connectivity index (χ3n) is 4.10. The molecule has 0 aliphatic heterocycles. The first-order valence-electron chi connectivity index (χ1n) is 7.93. The third-order valence-corrected chi connectivity index (χ3v) is 4.53. The molecule has 1 unspecified atom stereocenters. The highest BCUT2D eigenvalue weighted by Crippen LogP contribution is 2.26. The number of halogens is 1. The number of nitrogens with one attached hydrogen (secondary N) is 1. The molecule has 0 saturated heterocycles. The Bertz CT molecular complexity index is 443. The molecule has 0 aliphatic carbocycles. The second kappa shape index (κ2) is 8.16. The highest BCUT2D eigenvalue weighted by atomic mass is 35.5. The second-order valence-corrected chi connectivity index (χ2v) is 6.27. The van der Waals surface area contributed by atoms with E-state index in [1.807, 2.05) is 4.68 Å². The molecule has 0 spiro atoms. The summed E-state index contributed by atoms with van der Waals surface area (Å²) in [6.45, 7) is 12.4. The summed E-state index contributed by atoms with van der Waals surface area (Å²) >= 11 is 6.53. The van der Waals surface area contributed by atoms with Gasteiger partial charge in [0.05, 0.1) is 22.0 Å². The van der Waals surface area contributed by atoms with Gasteiger partial charge in [0.25, 0.3) is 0 Å². The van der Waals surface area contributed by atoms with Gasteiger partial charge in [0.15, 0.2) is 0 Å². The van der Waals surface area contributed by atoms with Crippen molar-refractivity contribution >= 4 is 11.6 Å². The predicted molar refractivity (Wildman–Crippen MR) is 89.2 cm³/mol. The van der Waals surface area contributed by atoms with Crippen LogP contribution in [0.1, 0.15) is 52.4 Å². The summed E-state index contributed by atoms with van der Waals surface area (Å²) in [4.78, 5) is 0. The van der Waals surface area contributed by atoms with Gasteiger partial charge in [-0.25, -0.2) is 0 Å². The Labute approximate surface area is 134 Å². The maximum absolute atomic E-state index is 6.53. The molecule has 0 aromatic carbocycles. The number of aryl methyl sites for hydroxylation is 2. The van der Waals surface area contributed by atoms with Crippen LogP contribution in [0.2, 0.25) is 5.02 Å². The van der Waals surface area contributed by atoms with Crippen LogP contribution in [0.25, 0.3) is 0 Å². The number of aromatic nitrogens is 2. The standard InChI is InChI=1S/C16H30ClN3O/c1-7-10-18-14(16(4,5)21-6)11-13-15(17)12(8-2)19-20(13)9-3/h14,18H,7-11H2,1-6H3. The van der Waals surface area contributed by atoms with Gasteiger partial charge in [-0.15, -0.1) is 0 Å². The van der Waals surface area contributed by atoms with E-state index in [-0.39, 0.29) is 11.6 Å². The molecule has 0 fully saturated rings. The molecule has 0 bridgehead atoms. The van der Waals surface area contributed by atoms with Gasteiger partial charge in [-0.1, -0.05) is 25.4 Å². The van der Waals surface area contributed by atoms with E-state index in [1.165, 1.54) is 0 Å². The lowest BCUT2D eigenvalue weighted by Crippen LogP contribution is -2.50. The zero-order chi connectivity index (χ0) is 16.0. The van der Waals surface area contributed by atoms with Gasteiger partial charge in [0, 0.05) is 26.1 Å². The van der Waals surface area contributed by atoms with Crippen LogP contribution >= 0.6 is 11.6 Å². The molecular formula is C16H30ClN3O. The lowest BCUT2D eigenvalue weighted by Gasteiger charge is -2.34. The highest BCUT2D eigenvalue weighted by molar-refractivity contribution is 6.31. The second-order valence-electron chi connectivity index (χ2n) is 5.90. The van der Waals surface area contributed by atoms with E-state index >= 15 is 0 Å². The Morgan fingerprint density at radius 3 is 2.48 bits per heavy atom. The first kappa shape index (κ1) is 18.5. The first-order chi connectivity index (χ1) is 9.91. The van der Waals surface area contributed by atoms with E-state index in [0.717, 1.165) is 48.8 Å². The maximum Gasteiger partial charge on any atom is 0.0850 e. The van der Waals surface area contributed by atoms with Crippen molar-refractivity contribution < 1.29 is 4.74 Å². The molecule has 0 saturated carbocycles. The van der Waals surface area contributed by atoms with Crippen LogP contribution in [0.4, 0.5) is 0 Å². The fraction of sp³-hybridized carbons (Fsp3) is 0.812. The largest absolute Gasteiger partial charge is 0.377 e. The number of ether oxygens (including phenoxy) is 1. The minimum absolute atomic E-state index is 0.201. The normalized spacial score (nSPS) is 13.7. The molecule has 0 aliphatic rings. The fourth-order valence-corrected chi connectivity index (χ4v) is 2.78. The minimum Gasteiger partial charge on any atom is -0.377 e. The van der Waals surface area contributed by atoms with E-state index in [2.05, 4.69) is 45.0 Å². The summed E-state index contributed by atoms with van der Waals surface area (Å²) in [7, 11) is 1.76. The summed E-state index contributed by atoms with van der Waals surface area (Å²) in [6.07, 6.45) is 2.78. The van der Waals surface area contributed by atoms with Crippen molar-refractivity contribution in [2.45, 2.75) is 72.1 Å².